The molecule has 6 nitrogen and oxygen atoms in total. The Kier molecular flexibility index (Phi) is 3.98. The molecule has 0 atom stereocenters. The van der Waals surface area contributed by atoms with E-state index in [2.05, 4.69) is 15.5 Å². The fourth-order valence-corrected chi connectivity index (χ4v) is 2.95. The number of rotatable bonds is 5. The highest BCUT2D eigenvalue weighted by Gasteiger charge is 2.48. The van der Waals surface area contributed by atoms with Crippen LogP contribution in [0, 0.1) is 5.82 Å². The summed E-state index contributed by atoms with van der Waals surface area (Å²) in [5, 5.41) is 6.20. The third kappa shape index (κ3) is 3.21. The molecular weight excluding hydrogens is 354 g/mol. The summed E-state index contributed by atoms with van der Waals surface area (Å²) in [6.07, 6.45) is 1.89. The summed E-state index contributed by atoms with van der Waals surface area (Å²) in [5.41, 5.74) is -5.94. The number of benzene rings is 1. The summed E-state index contributed by atoms with van der Waals surface area (Å²) in [6.45, 7) is -0.189. The molecule has 1 aliphatic carbocycles. The summed E-state index contributed by atoms with van der Waals surface area (Å²) in [4.78, 5) is 2.86. The number of nitrogens with zero attached hydrogens (tertiary/aromatic N) is 2. The average molecular weight is 365 g/mol. The van der Waals surface area contributed by atoms with Crippen molar-refractivity contribution in [2.24, 2.45) is 0 Å². The van der Waals surface area contributed by atoms with E-state index in [1.165, 1.54) is 0 Å². The highest BCUT2D eigenvalue weighted by molar-refractivity contribution is 7.92. The lowest BCUT2D eigenvalue weighted by atomic mass is 10.3. The van der Waals surface area contributed by atoms with Crippen molar-refractivity contribution < 1.29 is 30.5 Å². The Hall–Kier alpha value is -2.17. The molecule has 130 valence electrons. The van der Waals surface area contributed by atoms with E-state index < -0.39 is 31.7 Å². The van der Waals surface area contributed by atoms with Crippen LogP contribution in [0.4, 0.5) is 23.2 Å². The van der Waals surface area contributed by atoms with Gasteiger partial charge in [0, 0.05) is 5.92 Å². The van der Waals surface area contributed by atoms with Crippen molar-refractivity contribution in [2.75, 3.05) is 5.32 Å². The molecule has 0 bridgehead atoms. The first-order chi connectivity index (χ1) is 11.2. The third-order valence-electron chi connectivity index (χ3n) is 3.39. The van der Waals surface area contributed by atoms with Crippen molar-refractivity contribution in [1.29, 1.82) is 0 Å². The maximum Gasteiger partial charge on any atom is 0.501 e. The van der Waals surface area contributed by atoms with Crippen LogP contribution in [0.1, 0.15) is 30.5 Å². The van der Waals surface area contributed by atoms with Gasteiger partial charge in [-0.05, 0) is 31.0 Å². The second kappa shape index (κ2) is 5.72. The van der Waals surface area contributed by atoms with Crippen molar-refractivity contribution in [3.05, 3.63) is 35.7 Å². The normalized spacial score (nSPS) is 15.5. The average Bonchev–Trinajstić information content (AvgIpc) is 3.24. The van der Waals surface area contributed by atoms with E-state index >= 15 is 0 Å². The van der Waals surface area contributed by atoms with Gasteiger partial charge in [0.05, 0.1) is 12.2 Å². The van der Waals surface area contributed by atoms with E-state index in [1.807, 2.05) is 0 Å². The van der Waals surface area contributed by atoms with E-state index in [4.69, 9.17) is 4.52 Å². The smallest absolute Gasteiger partial charge is 0.375 e. The highest BCUT2D eigenvalue weighted by Crippen LogP contribution is 2.38. The minimum atomic E-state index is -5.70. The molecule has 1 saturated carbocycles. The van der Waals surface area contributed by atoms with Gasteiger partial charge in [0.1, 0.15) is 10.7 Å². The van der Waals surface area contributed by atoms with E-state index in [0.29, 0.717) is 11.9 Å². The van der Waals surface area contributed by atoms with Gasteiger partial charge in [-0.3, -0.25) is 0 Å². The molecule has 3 rings (SSSR count). The Labute approximate surface area is 133 Å². The van der Waals surface area contributed by atoms with E-state index in [9.17, 15) is 26.0 Å². The Morgan fingerprint density at radius 1 is 1.29 bits per heavy atom. The molecule has 24 heavy (non-hydrogen) atoms. The van der Waals surface area contributed by atoms with Crippen molar-refractivity contribution >= 4 is 15.5 Å². The zero-order valence-electron chi connectivity index (χ0n) is 12.0. The topological polar surface area (TPSA) is 85.1 Å². The number of hydrogen-bond donors (Lipinski definition) is 1. The zero-order valence-corrected chi connectivity index (χ0v) is 12.8. The van der Waals surface area contributed by atoms with Crippen molar-refractivity contribution in [2.45, 2.75) is 35.7 Å². The number of hydrogen-bond acceptors (Lipinski definition) is 6. The standard InChI is InChI=1S/C13H11F4N3O3S/c14-8-3-4-9(10(5-8)24(21,22)13(15,16)17)18-6-11-19-12(20-23-11)7-1-2-7/h3-5,7,18H,1-2,6H2. The molecule has 0 radical (unpaired) electrons. The Balaban J connectivity index is 1.84. The van der Waals surface area contributed by atoms with E-state index in [1.54, 1.807) is 0 Å². The van der Waals surface area contributed by atoms with Gasteiger partial charge in [0.15, 0.2) is 5.82 Å². The Morgan fingerprint density at radius 2 is 2.00 bits per heavy atom. The first kappa shape index (κ1) is 16.7. The quantitative estimate of drug-likeness (QED) is 0.820. The van der Waals surface area contributed by atoms with Gasteiger partial charge in [-0.1, -0.05) is 5.16 Å². The number of aromatic nitrogens is 2. The molecule has 1 aromatic carbocycles. The molecule has 1 heterocycles. The number of nitrogens with one attached hydrogen (secondary N) is 1. The molecule has 1 fully saturated rings. The van der Waals surface area contributed by atoms with Gasteiger partial charge < -0.3 is 9.84 Å². The van der Waals surface area contributed by atoms with Crippen LogP contribution in [0.25, 0.3) is 0 Å². The summed E-state index contributed by atoms with van der Waals surface area (Å²) >= 11 is 0. The number of sulfone groups is 1. The van der Waals surface area contributed by atoms with Gasteiger partial charge in [0.25, 0.3) is 9.84 Å². The van der Waals surface area contributed by atoms with Gasteiger partial charge in [0.2, 0.25) is 5.89 Å². The monoisotopic (exact) mass is 365 g/mol. The van der Waals surface area contributed by atoms with Gasteiger partial charge in [-0.2, -0.15) is 18.2 Å². The van der Waals surface area contributed by atoms with Crippen molar-refractivity contribution in [3.63, 3.8) is 0 Å². The maximum atomic E-state index is 13.2. The first-order valence-electron chi connectivity index (χ1n) is 6.86. The lowest BCUT2D eigenvalue weighted by Gasteiger charge is -2.13. The molecule has 0 amide bonds. The molecule has 1 N–H and O–H groups in total. The highest BCUT2D eigenvalue weighted by atomic mass is 32.2. The van der Waals surface area contributed by atoms with Crippen LogP contribution in [0.5, 0.6) is 0 Å². The van der Waals surface area contributed by atoms with Gasteiger partial charge >= 0.3 is 5.51 Å². The summed E-state index contributed by atoms with van der Waals surface area (Å²) in [5.74, 6) is -0.266. The number of alkyl halides is 3. The summed E-state index contributed by atoms with van der Waals surface area (Å²) < 4.78 is 79.4. The van der Waals surface area contributed by atoms with Crippen LogP contribution < -0.4 is 5.32 Å². The van der Waals surface area contributed by atoms with Crippen LogP contribution in [-0.2, 0) is 16.4 Å². The lowest BCUT2D eigenvalue weighted by molar-refractivity contribution is -0.0435. The van der Waals surface area contributed by atoms with E-state index in [0.717, 1.165) is 25.0 Å². The second-order valence-corrected chi connectivity index (χ2v) is 7.17. The third-order valence-corrected chi connectivity index (χ3v) is 4.92. The number of anilines is 1. The summed E-state index contributed by atoms with van der Waals surface area (Å²) in [7, 11) is -5.70. The minimum Gasteiger partial charge on any atom is -0.375 e. The van der Waals surface area contributed by atoms with Crippen LogP contribution >= 0.6 is 0 Å². The Morgan fingerprint density at radius 3 is 2.62 bits per heavy atom. The molecule has 0 aliphatic heterocycles. The molecule has 1 aromatic heterocycles. The fourth-order valence-electron chi connectivity index (χ4n) is 2.01. The number of halogens is 4. The predicted octanol–water partition coefficient (Wildman–Crippen LogP) is 2.99. The summed E-state index contributed by atoms with van der Waals surface area (Å²) in [6, 6.07) is 2.07. The Bertz CT molecular complexity index is 860. The largest absolute Gasteiger partial charge is 0.501 e. The van der Waals surface area contributed by atoms with E-state index in [-0.39, 0.29) is 18.4 Å². The molecule has 0 unspecified atom stereocenters. The predicted molar refractivity (Wildman–Crippen MR) is 73.2 cm³/mol. The molecule has 0 saturated heterocycles. The molecule has 1 aliphatic rings. The van der Waals surface area contributed by atoms with Crippen molar-refractivity contribution in [1.82, 2.24) is 10.1 Å². The SMILES string of the molecule is O=S(=O)(c1cc(F)ccc1NCc1nc(C2CC2)no1)C(F)(F)F. The van der Waals surface area contributed by atoms with Crippen LogP contribution in [0.2, 0.25) is 0 Å². The van der Waals surface area contributed by atoms with Gasteiger partial charge in [-0.15, -0.1) is 0 Å². The molecule has 2 aromatic rings. The van der Waals surface area contributed by atoms with Crippen molar-refractivity contribution in [3.8, 4) is 0 Å². The second-order valence-electron chi connectivity index (χ2n) is 5.26. The molecule has 11 heteroatoms. The van der Waals surface area contributed by atoms with Crippen LogP contribution in [-0.4, -0.2) is 24.1 Å². The van der Waals surface area contributed by atoms with Gasteiger partial charge in [-0.25, -0.2) is 12.8 Å². The zero-order chi connectivity index (χ0) is 17.5. The molecular formula is C13H11F4N3O3S. The fraction of sp³-hybridized carbons (Fsp3) is 0.385. The first-order valence-corrected chi connectivity index (χ1v) is 8.34. The van der Waals surface area contributed by atoms with Crippen LogP contribution in [0.15, 0.2) is 27.6 Å². The molecule has 0 spiro atoms. The minimum absolute atomic E-state index is 0.0941. The lowest BCUT2D eigenvalue weighted by Crippen LogP contribution is -2.24. The maximum absolute atomic E-state index is 13.2. The van der Waals surface area contributed by atoms with Crippen LogP contribution in [0.3, 0.4) is 0 Å².